The van der Waals surface area contributed by atoms with Crippen LogP contribution in [0.5, 0.6) is 5.75 Å². The van der Waals surface area contributed by atoms with Crippen LogP contribution < -0.4 is 10.2 Å². The number of nitrogens with zero attached hydrogens (tertiary/aromatic N) is 3. The van der Waals surface area contributed by atoms with Gasteiger partial charge in [0.2, 0.25) is 0 Å². The van der Waals surface area contributed by atoms with Gasteiger partial charge in [0.25, 0.3) is 0 Å². The van der Waals surface area contributed by atoms with Crippen LogP contribution in [0.15, 0.2) is 79.0 Å². The van der Waals surface area contributed by atoms with E-state index in [4.69, 9.17) is 12.2 Å². The van der Waals surface area contributed by atoms with Gasteiger partial charge < -0.3 is 25.0 Å². The number of carboxylic acid groups (broad SMARTS) is 1. The minimum atomic E-state index is -0.976. The van der Waals surface area contributed by atoms with Crippen LogP contribution >= 0.6 is 12.2 Å². The Balaban J connectivity index is 1.70. The average Bonchev–Trinajstić information content (AvgIpc) is 3.35. The highest BCUT2D eigenvalue weighted by Gasteiger charge is 2.42. The molecule has 1 fully saturated rings. The van der Waals surface area contributed by atoms with E-state index in [2.05, 4.69) is 16.4 Å². The van der Waals surface area contributed by atoms with Gasteiger partial charge in [0.15, 0.2) is 5.11 Å². The molecule has 8 heteroatoms. The number of aromatic hydroxyl groups is 1. The summed E-state index contributed by atoms with van der Waals surface area (Å²) in [5.41, 5.74) is 5.35. The molecular weight excluding hydrogens is 460 g/mol. The second-order valence-electron chi connectivity index (χ2n) is 8.50. The van der Waals surface area contributed by atoms with Gasteiger partial charge >= 0.3 is 5.97 Å². The zero-order valence-corrected chi connectivity index (χ0v) is 20.0. The molecule has 5 rings (SSSR count). The van der Waals surface area contributed by atoms with Crippen LogP contribution in [0.3, 0.4) is 0 Å². The third kappa shape index (κ3) is 3.91. The molecule has 0 amide bonds. The molecule has 0 saturated carbocycles. The molecule has 0 spiro atoms. The van der Waals surface area contributed by atoms with E-state index in [1.807, 2.05) is 65.8 Å². The summed E-state index contributed by atoms with van der Waals surface area (Å²) in [5.74, 6) is -0.802. The standard InChI is InChI=1S/C27H24N4O3S/c1-16-15-21(17(2)30(16)23-9-4-3-7-20(23)26(33)34)25-24(22-8-5-6-14-28-22)29-27(35)31(25)18-10-12-19(32)13-11-18/h3-15,24-25,32H,1-2H3,(H,29,35)(H,33,34)/t24-,25-/m0/s1. The number of phenols is 1. The lowest BCUT2D eigenvalue weighted by atomic mass is 9.96. The Labute approximate surface area is 208 Å². The van der Waals surface area contributed by atoms with Crippen molar-refractivity contribution < 1.29 is 15.0 Å². The molecule has 1 aliphatic rings. The molecular formula is C27H24N4O3S. The highest BCUT2D eigenvalue weighted by molar-refractivity contribution is 7.80. The highest BCUT2D eigenvalue weighted by Crippen LogP contribution is 2.44. The predicted octanol–water partition coefficient (Wildman–Crippen LogP) is 5.07. The summed E-state index contributed by atoms with van der Waals surface area (Å²) in [4.78, 5) is 18.6. The van der Waals surface area contributed by atoms with Gasteiger partial charge in [-0.25, -0.2) is 4.79 Å². The van der Waals surface area contributed by atoms with Gasteiger partial charge in [0.05, 0.1) is 29.0 Å². The van der Waals surface area contributed by atoms with Crippen molar-refractivity contribution in [2.24, 2.45) is 0 Å². The number of nitrogens with one attached hydrogen (secondary N) is 1. The molecule has 176 valence electrons. The lowest BCUT2D eigenvalue weighted by molar-refractivity contribution is 0.0697. The number of thiocarbonyl (C=S) groups is 1. The van der Waals surface area contributed by atoms with E-state index < -0.39 is 5.97 Å². The van der Waals surface area contributed by atoms with Crippen molar-refractivity contribution in [1.82, 2.24) is 14.9 Å². The lowest BCUT2D eigenvalue weighted by Crippen LogP contribution is -2.29. The molecule has 3 heterocycles. The summed E-state index contributed by atoms with van der Waals surface area (Å²) in [7, 11) is 0. The zero-order valence-electron chi connectivity index (χ0n) is 19.2. The Morgan fingerprint density at radius 1 is 1.03 bits per heavy atom. The van der Waals surface area contributed by atoms with Gasteiger partial charge in [0.1, 0.15) is 5.75 Å². The number of aromatic carboxylic acids is 1. The molecule has 7 nitrogen and oxygen atoms in total. The second-order valence-corrected chi connectivity index (χ2v) is 8.88. The van der Waals surface area contributed by atoms with Gasteiger partial charge in [0, 0.05) is 23.3 Å². The third-order valence-electron chi connectivity index (χ3n) is 6.39. The monoisotopic (exact) mass is 484 g/mol. The Hall–Kier alpha value is -4.17. The first kappa shape index (κ1) is 22.6. The minimum absolute atomic E-state index is 0.174. The van der Waals surface area contributed by atoms with Crippen molar-refractivity contribution in [3.8, 4) is 11.4 Å². The number of para-hydroxylation sites is 1. The fourth-order valence-corrected chi connectivity index (χ4v) is 5.22. The minimum Gasteiger partial charge on any atom is -0.508 e. The number of hydrogen-bond donors (Lipinski definition) is 3. The van der Waals surface area contributed by atoms with Crippen LogP contribution in [0.1, 0.15) is 45.1 Å². The maximum absolute atomic E-state index is 11.9. The second kappa shape index (κ2) is 8.88. The number of anilines is 1. The number of aromatic nitrogens is 2. The summed E-state index contributed by atoms with van der Waals surface area (Å²) < 4.78 is 1.98. The molecule has 0 radical (unpaired) electrons. The third-order valence-corrected chi connectivity index (χ3v) is 6.70. The molecule has 0 aliphatic carbocycles. The topological polar surface area (TPSA) is 90.6 Å². The largest absolute Gasteiger partial charge is 0.508 e. The molecule has 2 atom stereocenters. The van der Waals surface area contributed by atoms with E-state index in [0.29, 0.717) is 10.8 Å². The van der Waals surface area contributed by atoms with Crippen LogP contribution in [-0.4, -0.2) is 30.8 Å². The molecule has 3 N–H and O–H groups in total. The molecule has 0 unspecified atom stereocenters. The number of benzene rings is 2. The van der Waals surface area contributed by atoms with Crippen LogP contribution in [0.4, 0.5) is 5.69 Å². The van der Waals surface area contributed by atoms with Crippen molar-refractivity contribution in [2.45, 2.75) is 25.9 Å². The zero-order chi connectivity index (χ0) is 24.7. The molecule has 1 aliphatic heterocycles. The van der Waals surface area contributed by atoms with E-state index in [1.165, 1.54) is 0 Å². The number of carbonyl (C=O) groups is 1. The van der Waals surface area contributed by atoms with Crippen molar-refractivity contribution in [3.05, 3.63) is 107 Å². The van der Waals surface area contributed by atoms with Gasteiger partial charge in [-0.1, -0.05) is 18.2 Å². The summed E-state index contributed by atoms with van der Waals surface area (Å²) in [6, 6.07) is 21.3. The first-order chi connectivity index (χ1) is 16.9. The Morgan fingerprint density at radius 3 is 2.43 bits per heavy atom. The summed E-state index contributed by atoms with van der Waals surface area (Å²) in [6.45, 7) is 3.96. The Bertz CT molecular complexity index is 1420. The van der Waals surface area contributed by atoms with Gasteiger partial charge in [-0.2, -0.15) is 0 Å². The molecule has 2 aromatic carbocycles. The number of aryl methyl sites for hydroxylation is 1. The molecule has 2 aromatic heterocycles. The number of rotatable bonds is 5. The van der Waals surface area contributed by atoms with E-state index in [1.54, 1.807) is 30.5 Å². The summed E-state index contributed by atoms with van der Waals surface area (Å²) in [5, 5.41) is 23.6. The smallest absolute Gasteiger partial charge is 0.337 e. The molecule has 35 heavy (non-hydrogen) atoms. The van der Waals surface area contributed by atoms with Crippen molar-refractivity contribution in [2.75, 3.05) is 4.90 Å². The summed E-state index contributed by atoms with van der Waals surface area (Å²) >= 11 is 5.78. The van der Waals surface area contributed by atoms with Gasteiger partial charge in [-0.15, -0.1) is 0 Å². The molecule has 1 saturated heterocycles. The normalized spacial score (nSPS) is 17.4. The van der Waals surface area contributed by atoms with Crippen molar-refractivity contribution in [1.29, 1.82) is 0 Å². The Kier molecular flexibility index (Phi) is 5.74. The lowest BCUT2D eigenvalue weighted by Gasteiger charge is -2.28. The van der Waals surface area contributed by atoms with Crippen LogP contribution in [0.25, 0.3) is 5.69 Å². The SMILES string of the molecule is Cc1cc([C@H]2[C@H](c3ccccn3)NC(=S)N2c2ccc(O)cc2)c(C)n1-c1ccccc1C(=O)O. The number of carboxylic acids is 1. The number of phenolic OH excluding ortho intramolecular Hbond substituents is 1. The van der Waals surface area contributed by atoms with E-state index in [0.717, 1.165) is 28.3 Å². The predicted molar refractivity (Wildman–Crippen MR) is 138 cm³/mol. The van der Waals surface area contributed by atoms with E-state index in [-0.39, 0.29) is 23.4 Å². The first-order valence-corrected chi connectivity index (χ1v) is 11.6. The number of hydrogen-bond acceptors (Lipinski definition) is 4. The van der Waals surface area contributed by atoms with Crippen LogP contribution in [0, 0.1) is 13.8 Å². The highest BCUT2D eigenvalue weighted by atomic mass is 32.1. The van der Waals surface area contributed by atoms with Crippen molar-refractivity contribution >= 4 is 29.0 Å². The van der Waals surface area contributed by atoms with Crippen molar-refractivity contribution in [3.63, 3.8) is 0 Å². The first-order valence-electron chi connectivity index (χ1n) is 11.2. The molecule has 0 bridgehead atoms. The number of pyridine rings is 1. The fourth-order valence-electron chi connectivity index (χ4n) is 4.87. The van der Waals surface area contributed by atoms with Gasteiger partial charge in [-0.05, 0) is 86.2 Å². The average molecular weight is 485 g/mol. The maximum atomic E-state index is 11.9. The van der Waals surface area contributed by atoms with E-state index in [9.17, 15) is 15.0 Å². The Morgan fingerprint density at radius 2 is 1.74 bits per heavy atom. The molecule has 4 aromatic rings. The van der Waals surface area contributed by atoms with E-state index >= 15 is 0 Å². The summed E-state index contributed by atoms with van der Waals surface area (Å²) in [6.07, 6.45) is 1.76. The van der Waals surface area contributed by atoms with Crippen LogP contribution in [-0.2, 0) is 0 Å². The fraction of sp³-hybridized carbons (Fsp3) is 0.148. The maximum Gasteiger partial charge on any atom is 0.337 e. The quantitative estimate of drug-likeness (QED) is 0.341. The van der Waals surface area contributed by atoms with Crippen LogP contribution in [0.2, 0.25) is 0 Å². The van der Waals surface area contributed by atoms with Gasteiger partial charge in [-0.3, -0.25) is 4.98 Å².